The van der Waals surface area contributed by atoms with Gasteiger partial charge in [-0.15, -0.1) is 11.3 Å². The first-order valence-corrected chi connectivity index (χ1v) is 6.24. The molecule has 2 aromatic heterocycles. The molecule has 2 rings (SSSR count). The maximum atomic E-state index is 10.8. The van der Waals surface area contributed by atoms with E-state index in [-0.39, 0.29) is 5.56 Å². The van der Waals surface area contributed by atoms with Gasteiger partial charge >= 0.3 is 5.97 Å². The van der Waals surface area contributed by atoms with Crippen LogP contribution in [0, 0.1) is 6.92 Å². The molecule has 0 aliphatic rings. The first-order valence-electron chi connectivity index (χ1n) is 4.56. The first kappa shape index (κ1) is 11.3. The van der Waals surface area contributed by atoms with Gasteiger partial charge in [-0.2, -0.15) is 5.10 Å². The molecule has 6 heteroatoms. The van der Waals surface area contributed by atoms with E-state index in [1.165, 1.54) is 0 Å². The van der Waals surface area contributed by atoms with Crippen LogP contribution in [0.3, 0.4) is 0 Å². The molecular weight excluding hydrogens is 292 g/mol. The van der Waals surface area contributed by atoms with Crippen LogP contribution in [0.15, 0.2) is 22.1 Å². The van der Waals surface area contributed by atoms with Crippen LogP contribution >= 0.6 is 27.3 Å². The fourth-order valence-electron chi connectivity index (χ4n) is 1.41. The molecule has 0 atom stereocenters. The Morgan fingerprint density at radius 1 is 1.69 bits per heavy atom. The van der Waals surface area contributed by atoms with Gasteiger partial charge in [0.05, 0.1) is 12.2 Å². The van der Waals surface area contributed by atoms with Gasteiger partial charge in [-0.05, 0) is 28.9 Å². The Hall–Kier alpha value is -1.14. The fraction of sp³-hybridized carbons (Fsp3) is 0.200. The van der Waals surface area contributed by atoms with Crippen molar-refractivity contribution in [3.05, 3.63) is 38.3 Å². The molecule has 2 aromatic rings. The minimum Gasteiger partial charge on any atom is -0.478 e. The van der Waals surface area contributed by atoms with E-state index in [1.807, 2.05) is 11.4 Å². The summed E-state index contributed by atoms with van der Waals surface area (Å²) in [6, 6.07) is 2.00. The predicted octanol–water partition coefficient (Wildman–Crippen LogP) is 2.76. The monoisotopic (exact) mass is 300 g/mol. The Kier molecular flexibility index (Phi) is 3.11. The van der Waals surface area contributed by atoms with E-state index < -0.39 is 5.97 Å². The number of carboxylic acids is 1. The van der Waals surface area contributed by atoms with Gasteiger partial charge in [0.15, 0.2) is 0 Å². The summed E-state index contributed by atoms with van der Waals surface area (Å²) in [4.78, 5) is 12.0. The zero-order valence-corrected chi connectivity index (χ0v) is 10.9. The van der Waals surface area contributed by atoms with Crippen LogP contribution in [0.25, 0.3) is 0 Å². The van der Waals surface area contributed by atoms with Crippen molar-refractivity contribution in [2.45, 2.75) is 13.5 Å². The molecule has 0 amide bonds. The normalized spacial score (nSPS) is 10.6. The van der Waals surface area contributed by atoms with Crippen LogP contribution in [0.1, 0.15) is 20.9 Å². The van der Waals surface area contributed by atoms with Crippen LogP contribution in [0.2, 0.25) is 0 Å². The van der Waals surface area contributed by atoms with Crippen molar-refractivity contribution in [2.75, 3.05) is 0 Å². The summed E-state index contributed by atoms with van der Waals surface area (Å²) in [6.07, 6.45) is 1.56. The summed E-state index contributed by atoms with van der Waals surface area (Å²) in [5.41, 5.74) is 0.804. The van der Waals surface area contributed by atoms with Gasteiger partial charge in [-0.1, -0.05) is 0 Å². The van der Waals surface area contributed by atoms with Crippen LogP contribution in [0.4, 0.5) is 0 Å². The molecular formula is C10H9BrN2O2S. The molecule has 0 aromatic carbocycles. The SMILES string of the molecule is Cc1nn(Cc2cc(Br)cs2)cc1C(=O)O. The molecule has 0 bridgehead atoms. The Labute approximate surface area is 105 Å². The molecule has 0 aliphatic carbocycles. The number of thiophene rings is 1. The van der Waals surface area contributed by atoms with E-state index >= 15 is 0 Å². The Morgan fingerprint density at radius 3 is 2.94 bits per heavy atom. The Morgan fingerprint density at radius 2 is 2.44 bits per heavy atom. The molecule has 0 radical (unpaired) electrons. The van der Waals surface area contributed by atoms with Crippen molar-refractivity contribution in [3.63, 3.8) is 0 Å². The largest absolute Gasteiger partial charge is 0.478 e. The van der Waals surface area contributed by atoms with E-state index in [9.17, 15) is 4.79 Å². The maximum absolute atomic E-state index is 10.8. The summed E-state index contributed by atoms with van der Waals surface area (Å²) >= 11 is 4.99. The molecule has 0 unspecified atom stereocenters. The molecule has 0 fully saturated rings. The molecule has 0 spiro atoms. The Balaban J connectivity index is 2.22. The Bertz CT molecular complexity index is 533. The minimum atomic E-state index is -0.934. The second-order valence-electron chi connectivity index (χ2n) is 3.36. The lowest BCUT2D eigenvalue weighted by atomic mass is 10.3. The zero-order valence-electron chi connectivity index (χ0n) is 8.48. The van der Waals surface area contributed by atoms with Crippen LogP contribution < -0.4 is 0 Å². The third-order valence-corrected chi connectivity index (χ3v) is 3.80. The van der Waals surface area contributed by atoms with Crippen molar-refractivity contribution in [1.82, 2.24) is 9.78 Å². The molecule has 84 valence electrons. The van der Waals surface area contributed by atoms with Gasteiger partial charge in [0.1, 0.15) is 5.56 Å². The minimum absolute atomic E-state index is 0.260. The lowest BCUT2D eigenvalue weighted by Gasteiger charge is -1.96. The smallest absolute Gasteiger partial charge is 0.339 e. The molecule has 4 nitrogen and oxygen atoms in total. The van der Waals surface area contributed by atoms with Crippen molar-refractivity contribution in [1.29, 1.82) is 0 Å². The molecule has 0 saturated carbocycles. The number of aryl methyl sites for hydroxylation is 1. The van der Waals surface area contributed by atoms with Gasteiger partial charge in [0, 0.05) is 20.9 Å². The van der Waals surface area contributed by atoms with Crippen LogP contribution in [0.5, 0.6) is 0 Å². The number of aromatic carboxylic acids is 1. The topological polar surface area (TPSA) is 55.1 Å². The summed E-state index contributed by atoms with van der Waals surface area (Å²) < 4.78 is 2.69. The number of carbonyl (C=O) groups is 1. The zero-order chi connectivity index (χ0) is 11.7. The van der Waals surface area contributed by atoms with E-state index in [0.29, 0.717) is 12.2 Å². The standard InChI is InChI=1S/C10H9BrN2O2S/c1-6-9(10(14)15)4-13(12-6)3-8-2-7(11)5-16-8/h2,4-5H,3H2,1H3,(H,14,15). The second kappa shape index (κ2) is 4.39. The number of rotatable bonds is 3. The lowest BCUT2D eigenvalue weighted by molar-refractivity contribution is 0.0696. The first-order chi connectivity index (χ1) is 7.56. The second-order valence-corrected chi connectivity index (χ2v) is 5.27. The van der Waals surface area contributed by atoms with Gasteiger partial charge < -0.3 is 5.11 Å². The summed E-state index contributed by atoms with van der Waals surface area (Å²) in [5.74, 6) is -0.934. The summed E-state index contributed by atoms with van der Waals surface area (Å²) in [7, 11) is 0. The number of aromatic nitrogens is 2. The number of hydrogen-bond acceptors (Lipinski definition) is 3. The third kappa shape index (κ3) is 2.33. The van der Waals surface area contributed by atoms with E-state index in [4.69, 9.17) is 5.11 Å². The number of halogens is 1. The quantitative estimate of drug-likeness (QED) is 0.948. The van der Waals surface area contributed by atoms with E-state index in [2.05, 4.69) is 21.0 Å². The summed E-state index contributed by atoms with van der Waals surface area (Å²) in [5, 5.41) is 15.0. The summed E-state index contributed by atoms with van der Waals surface area (Å²) in [6.45, 7) is 2.30. The highest BCUT2D eigenvalue weighted by Crippen LogP contribution is 2.20. The molecule has 2 heterocycles. The number of hydrogen-bond donors (Lipinski definition) is 1. The van der Waals surface area contributed by atoms with Crippen LogP contribution in [-0.2, 0) is 6.54 Å². The van der Waals surface area contributed by atoms with Gasteiger partial charge in [-0.3, -0.25) is 4.68 Å². The highest BCUT2D eigenvalue weighted by atomic mass is 79.9. The molecule has 16 heavy (non-hydrogen) atoms. The number of nitrogens with zero attached hydrogens (tertiary/aromatic N) is 2. The van der Waals surface area contributed by atoms with Crippen molar-refractivity contribution in [2.24, 2.45) is 0 Å². The van der Waals surface area contributed by atoms with Gasteiger partial charge in [0.25, 0.3) is 0 Å². The molecule has 1 N–H and O–H groups in total. The lowest BCUT2D eigenvalue weighted by Crippen LogP contribution is -1.98. The molecule has 0 aliphatic heterocycles. The van der Waals surface area contributed by atoms with Gasteiger partial charge in [0.2, 0.25) is 0 Å². The highest BCUT2D eigenvalue weighted by Gasteiger charge is 2.12. The van der Waals surface area contributed by atoms with Crippen molar-refractivity contribution in [3.8, 4) is 0 Å². The van der Waals surface area contributed by atoms with Gasteiger partial charge in [-0.25, -0.2) is 4.79 Å². The average Bonchev–Trinajstić information content (AvgIpc) is 2.73. The maximum Gasteiger partial charge on any atom is 0.339 e. The highest BCUT2D eigenvalue weighted by molar-refractivity contribution is 9.10. The van der Waals surface area contributed by atoms with E-state index in [0.717, 1.165) is 9.35 Å². The van der Waals surface area contributed by atoms with E-state index in [1.54, 1.807) is 29.1 Å². The molecule has 0 saturated heterocycles. The average molecular weight is 301 g/mol. The predicted molar refractivity (Wildman–Crippen MR) is 65.0 cm³/mol. The van der Waals surface area contributed by atoms with Crippen LogP contribution in [-0.4, -0.2) is 20.9 Å². The van der Waals surface area contributed by atoms with Crippen molar-refractivity contribution < 1.29 is 9.90 Å². The van der Waals surface area contributed by atoms with Crippen molar-refractivity contribution >= 4 is 33.2 Å². The third-order valence-electron chi connectivity index (χ3n) is 2.12. The number of carboxylic acid groups (broad SMARTS) is 1. The fourth-order valence-corrected chi connectivity index (χ4v) is 2.85.